The summed E-state index contributed by atoms with van der Waals surface area (Å²) in [6.45, 7) is 8.19. The maximum absolute atomic E-state index is 12.7. The van der Waals surface area contributed by atoms with E-state index in [1.165, 1.54) is 24.3 Å². The van der Waals surface area contributed by atoms with Crippen molar-refractivity contribution in [3.05, 3.63) is 117 Å². The second kappa shape index (κ2) is 17.5. The molecule has 0 saturated carbocycles. The summed E-state index contributed by atoms with van der Waals surface area (Å²) < 4.78 is 81.4. The predicted molar refractivity (Wildman–Crippen MR) is 212 cm³/mol. The lowest BCUT2D eigenvalue weighted by atomic mass is 9.85. The van der Waals surface area contributed by atoms with Crippen LogP contribution in [0.2, 0.25) is 0 Å². The Hall–Kier alpha value is -5.20. The largest absolute Gasteiger partial charge is 0.466 e. The highest BCUT2D eigenvalue weighted by atomic mass is 19.4. The SMILES string of the molecule is CC(C)(C)CC(=O)Cc1cc2c(cc1N)C(Nc1ccc(C(F)(F)F)cc1)CC2.CCOC(=O)Cc1cc2c(cc1N)C(Nc1ccc(C(F)(F)F)cc1)CCC2. The number of ether oxygens (including phenoxy) is 1. The van der Waals surface area contributed by atoms with Crippen molar-refractivity contribution in [1.29, 1.82) is 0 Å². The summed E-state index contributed by atoms with van der Waals surface area (Å²) in [6, 6.07) is 17.8. The number of carbonyl (C=O) groups excluding carboxylic acids is 2. The Balaban J connectivity index is 0.000000218. The Labute approximate surface area is 329 Å². The number of hydrogen-bond donors (Lipinski definition) is 4. The predicted octanol–water partition coefficient (Wildman–Crippen LogP) is 10.8. The van der Waals surface area contributed by atoms with Crippen LogP contribution in [0.4, 0.5) is 49.1 Å². The number of benzene rings is 4. The highest BCUT2D eigenvalue weighted by Crippen LogP contribution is 2.39. The molecule has 2 atom stereocenters. The number of nitrogens with two attached hydrogens (primary N) is 2. The Kier molecular flexibility index (Phi) is 13.2. The fourth-order valence-electron chi connectivity index (χ4n) is 7.40. The fraction of sp³-hybridized carbons (Fsp3) is 0.409. The van der Waals surface area contributed by atoms with E-state index in [-0.39, 0.29) is 35.7 Å². The Morgan fingerprint density at radius 3 is 1.60 bits per heavy atom. The second-order valence-corrected chi connectivity index (χ2v) is 15.9. The van der Waals surface area contributed by atoms with Crippen LogP contribution in [0.25, 0.3) is 0 Å². The molecule has 0 amide bonds. The minimum absolute atomic E-state index is 0.0108. The molecule has 6 N–H and O–H groups in total. The van der Waals surface area contributed by atoms with Crippen molar-refractivity contribution >= 4 is 34.5 Å². The number of esters is 1. The van der Waals surface area contributed by atoms with Gasteiger partial charge < -0.3 is 26.8 Å². The topological polar surface area (TPSA) is 119 Å². The molecule has 0 aromatic heterocycles. The fourth-order valence-corrected chi connectivity index (χ4v) is 7.40. The monoisotopic (exact) mass is 796 g/mol. The Morgan fingerprint density at radius 2 is 1.14 bits per heavy atom. The smallest absolute Gasteiger partial charge is 0.416 e. The quantitative estimate of drug-likeness (QED) is 0.0717. The summed E-state index contributed by atoms with van der Waals surface area (Å²) in [4.78, 5) is 24.1. The first kappa shape index (κ1) is 42.9. The molecule has 2 unspecified atom stereocenters. The zero-order valence-corrected chi connectivity index (χ0v) is 32.6. The molecule has 2 aliphatic rings. The molecule has 306 valence electrons. The van der Waals surface area contributed by atoms with Gasteiger partial charge in [0.25, 0.3) is 0 Å². The molecule has 0 radical (unpaired) electrons. The van der Waals surface area contributed by atoms with E-state index in [1.807, 2.05) is 45.0 Å². The molecule has 0 heterocycles. The normalized spacial score (nSPS) is 16.5. The highest BCUT2D eigenvalue weighted by Gasteiger charge is 2.32. The molecule has 0 fully saturated rings. The molecule has 0 bridgehead atoms. The van der Waals surface area contributed by atoms with E-state index < -0.39 is 23.5 Å². The summed E-state index contributed by atoms with van der Waals surface area (Å²) >= 11 is 0. The number of ketones is 1. The van der Waals surface area contributed by atoms with Crippen molar-refractivity contribution in [2.45, 2.75) is 103 Å². The van der Waals surface area contributed by atoms with Gasteiger partial charge in [-0.3, -0.25) is 9.59 Å². The van der Waals surface area contributed by atoms with Gasteiger partial charge in [-0.2, -0.15) is 26.3 Å². The number of halogens is 6. The minimum Gasteiger partial charge on any atom is -0.466 e. The van der Waals surface area contributed by atoms with Crippen LogP contribution >= 0.6 is 0 Å². The maximum atomic E-state index is 12.7. The molecule has 0 spiro atoms. The van der Waals surface area contributed by atoms with Gasteiger partial charge in [-0.15, -0.1) is 0 Å². The number of Topliss-reactive ketones (excluding diaryl/α,β-unsaturated/α-hetero) is 1. The van der Waals surface area contributed by atoms with Gasteiger partial charge in [0.05, 0.1) is 36.2 Å². The molecular weight excluding hydrogens is 746 g/mol. The molecule has 0 aliphatic heterocycles. The number of alkyl halides is 6. The number of nitrogens with one attached hydrogen (secondary N) is 2. The zero-order chi connectivity index (χ0) is 41.7. The molecule has 4 aromatic rings. The van der Waals surface area contributed by atoms with E-state index in [2.05, 4.69) is 10.6 Å². The third-order valence-corrected chi connectivity index (χ3v) is 10.1. The lowest BCUT2D eigenvalue weighted by molar-refractivity contribution is -0.142. The van der Waals surface area contributed by atoms with Crippen LogP contribution < -0.4 is 22.1 Å². The maximum Gasteiger partial charge on any atom is 0.416 e. The van der Waals surface area contributed by atoms with Crippen molar-refractivity contribution in [3.63, 3.8) is 0 Å². The lowest BCUT2D eigenvalue weighted by Crippen LogP contribution is -2.19. The molecule has 6 rings (SSSR count). The number of nitrogen functional groups attached to an aromatic ring is 2. The number of fused-ring (bicyclic) bond motifs is 2. The van der Waals surface area contributed by atoms with Crippen molar-refractivity contribution in [2.24, 2.45) is 5.41 Å². The van der Waals surface area contributed by atoms with Crippen molar-refractivity contribution in [2.75, 3.05) is 28.7 Å². The summed E-state index contributed by atoms with van der Waals surface area (Å²) in [6.07, 6.45) is -3.40. The molecule has 0 saturated heterocycles. The first-order valence-electron chi connectivity index (χ1n) is 19.1. The molecular formula is C44H50F6N4O3. The van der Waals surface area contributed by atoms with E-state index >= 15 is 0 Å². The van der Waals surface area contributed by atoms with Gasteiger partial charge >= 0.3 is 18.3 Å². The van der Waals surface area contributed by atoms with Gasteiger partial charge in [0.1, 0.15) is 5.78 Å². The Morgan fingerprint density at radius 1 is 0.684 bits per heavy atom. The van der Waals surface area contributed by atoms with Gasteiger partial charge in [-0.25, -0.2) is 0 Å². The molecule has 7 nitrogen and oxygen atoms in total. The van der Waals surface area contributed by atoms with Crippen LogP contribution in [0.1, 0.15) is 110 Å². The van der Waals surface area contributed by atoms with Crippen molar-refractivity contribution in [3.8, 4) is 0 Å². The first-order chi connectivity index (χ1) is 26.7. The van der Waals surface area contributed by atoms with Crippen molar-refractivity contribution < 1.29 is 40.7 Å². The number of hydrogen-bond acceptors (Lipinski definition) is 7. The van der Waals surface area contributed by atoms with Crippen LogP contribution in [0.5, 0.6) is 0 Å². The van der Waals surface area contributed by atoms with Crippen LogP contribution in [-0.4, -0.2) is 18.4 Å². The first-order valence-corrected chi connectivity index (χ1v) is 19.1. The van der Waals surface area contributed by atoms with E-state index in [4.69, 9.17) is 16.2 Å². The standard InChI is InChI=1S/C23H27F3N2O.C21H23F3N2O2/c1-22(2,3)13-18(29)11-15-10-14-4-9-21(19(14)12-20(15)27)28-17-7-5-16(6-8-17)23(24,25)26;1-2-28-20(27)11-14-10-13-4-3-5-19(17(13)12-18(14)25)26-16-8-6-15(7-9-16)21(22,23)24/h5-8,10,12,21,28H,4,9,11,13,27H2,1-3H3;6-10,12,19,26H,2-5,11,25H2,1H3. The van der Waals surface area contributed by atoms with Crippen LogP contribution in [0, 0.1) is 5.41 Å². The number of rotatable bonds is 10. The van der Waals surface area contributed by atoms with Crippen LogP contribution in [0.15, 0.2) is 72.8 Å². The summed E-state index contributed by atoms with van der Waals surface area (Å²) in [5, 5.41) is 6.61. The molecule has 57 heavy (non-hydrogen) atoms. The lowest BCUT2D eigenvalue weighted by Gasteiger charge is -2.28. The van der Waals surface area contributed by atoms with E-state index in [0.29, 0.717) is 42.2 Å². The van der Waals surface area contributed by atoms with Gasteiger partial charge in [-0.1, -0.05) is 32.9 Å². The molecule has 13 heteroatoms. The summed E-state index contributed by atoms with van der Waals surface area (Å²) in [7, 11) is 0. The molecule has 2 aliphatic carbocycles. The zero-order valence-electron chi connectivity index (χ0n) is 32.6. The number of carbonyl (C=O) groups is 2. The number of anilines is 4. The van der Waals surface area contributed by atoms with Crippen LogP contribution in [-0.2, 0) is 52.4 Å². The van der Waals surface area contributed by atoms with Crippen LogP contribution in [0.3, 0.4) is 0 Å². The van der Waals surface area contributed by atoms with E-state index in [0.717, 1.165) is 89.8 Å². The van der Waals surface area contributed by atoms with Gasteiger partial charge in [-0.05, 0) is 138 Å². The average Bonchev–Trinajstić information content (AvgIpc) is 3.49. The third kappa shape index (κ3) is 11.7. The Bertz CT molecular complexity index is 2040. The highest BCUT2D eigenvalue weighted by molar-refractivity contribution is 5.83. The van der Waals surface area contributed by atoms with Gasteiger partial charge in [0, 0.05) is 35.6 Å². The van der Waals surface area contributed by atoms with E-state index in [9.17, 15) is 35.9 Å². The summed E-state index contributed by atoms with van der Waals surface area (Å²) in [5.41, 5.74) is 19.3. The minimum atomic E-state index is -4.35. The van der Waals surface area contributed by atoms with E-state index in [1.54, 1.807) is 6.92 Å². The number of aryl methyl sites for hydroxylation is 2. The van der Waals surface area contributed by atoms with Gasteiger partial charge in [0.15, 0.2) is 0 Å². The second-order valence-electron chi connectivity index (χ2n) is 15.9. The summed E-state index contributed by atoms with van der Waals surface area (Å²) in [5.74, 6) is -0.147. The van der Waals surface area contributed by atoms with Crippen molar-refractivity contribution in [1.82, 2.24) is 0 Å². The average molecular weight is 797 g/mol. The van der Waals surface area contributed by atoms with Gasteiger partial charge in [0.2, 0.25) is 0 Å². The third-order valence-electron chi connectivity index (χ3n) is 10.1. The molecule has 4 aromatic carbocycles.